The molecule has 0 heterocycles. The fraction of sp³-hybridized carbons (Fsp3) is 0.333. The van der Waals surface area contributed by atoms with Crippen LogP contribution in [0.15, 0.2) is 30.3 Å². The molecule has 1 aromatic rings. The van der Waals surface area contributed by atoms with Crippen LogP contribution in [0.3, 0.4) is 0 Å². The van der Waals surface area contributed by atoms with E-state index in [1.54, 1.807) is 24.3 Å². The van der Waals surface area contributed by atoms with Gasteiger partial charge >= 0.3 is 13.7 Å². The number of benzene rings is 1. The lowest BCUT2D eigenvalue weighted by Gasteiger charge is -2.15. The zero-order valence-corrected chi connectivity index (χ0v) is 12.2. The van der Waals surface area contributed by atoms with Crippen LogP contribution in [0.25, 0.3) is 0 Å². The van der Waals surface area contributed by atoms with E-state index in [4.69, 9.17) is 14.5 Å². The van der Waals surface area contributed by atoms with Gasteiger partial charge in [0.05, 0.1) is 0 Å². The first-order chi connectivity index (χ1) is 9.79. The van der Waals surface area contributed by atoms with Crippen LogP contribution in [-0.2, 0) is 20.7 Å². The molecule has 1 aromatic carbocycles. The number of ether oxygens (including phenoxy) is 1. The summed E-state index contributed by atoms with van der Waals surface area (Å²) in [6.07, 6.45) is -0.794. The minimum atomic E-state index is -4.39. The van der Waals surface area contributed by atoms with Crippen LogP contribution in [0.1, 0.15) is 12.5 Å². The highest BCUT2D eigenvalue weighted by Gasteiger charge is 2.25. The molecule has 0 aromatic heterocycles. The van der Waals surface area contributed by atoms with Crippen LogP contribution in [-0.4, -0.2) is 34.1 Å². The van der Waals surface area contributed by atoms with Gasteiger partial charge in [0, 0.05) is 0 Å². The maximum atomic E-state index is 11.4. The maximum Gasteiger partial charge on any atom is 0.407 e. The summed E-state index contributed by atoms with van der Waals surface area (Å²) in [5, 5.41) is 4.26. The molecule has 0 spiro atoms. The second-order valence-electron chi connectivity index (χ2n) is 4.25. The molecular weight excluding hydrogens is 299 g/mol. The van der Waals surface area contributed by atoms with Gasteiger partial charge in [-0.3, -0.25) is 9.36 Å². The first-order valence-electron chi connectivity index (χ1n) is 6.08. The number of rotatable bonds is 6. The Bertz CT molecular complexity index is 530. The average molecular weight is 316 g/mol. The number of carbonyl (C=O) groups is 2. The SMILES string of the molecule is CC(NC(=O)CNC(=O)OCc1ccccc1)P(=O)(O)O. The third-order valence-electron chi connectivity index (χ3n) is 2.48. The summed E-state index contributed by atoms with van der Waals surface area (Å²) in [5.41, 5.74) is 0.798. The van der Waals surface area contributed by atoms with Crippen molar-refractivity contribution in [1.29, 1.82) is 0 Å². The van der Waals surface area contributed by atoms with Gasteiger partial charge in [0.25, 0.3) is 0 Å². The summed E-state index contributed by atoms with van der Waals surface area (Å²) in [7, 11) is -4.39. The number of nitrogens with one attached hydrogen (secondary N) is 2. The number of amides is 2. The second kappa shape index (κ2) is 7.78. The lowest BCUT2D eigenvalue weighted by atomic mass is 10.2. The third-order valence-corrected chi connectivity index (χ3v) is 3.62. The molecule has 2 amide bonds. The van der Waals surface area contributed by atoms with E-state index in [1.807, 2.05) is 6.07 Å². The summed E-state index contributed by atoms with van der Waals surface area (Å²) in [6.45, 7) is 0.803. The molecule has 0 saturated heterocycles. The number of carbonyl (C=O) groups excluding carboxylic acids is 2. The standard InChI is InChI=1S/C12H17N2O6P/c1-9(21(17,18)19)14-11(15)7-13-12(16)20-8-10-5-3-2-4-6-10/h2-6,9H,7-8H2,1H3,(H,13,16)(H,14,15)(H2,17,18,19). The summed E-state index contributed by atoms with van der Waals surface area (Å²) < 4.78 is 15.7. The van der Waals surface area contributed by atoms with Gasteiger partial charge in [-0.25, -0.2) is 4.79 Å². The largest absolute Gasteiger partial charge is 0.445 e. The van der Waals surface area contributed by atoms with Crippen LogP contribution < -0.4 is 10.6 Å². The predicted octanol–water partition coefficient (Wildman–Crippen LogP) is 0.553. The molecule has 0 aliphatic heterocycles. The summed E-state index contributed by atoms with van der Waals surface area (Å²) in [5.74, 6) is -2.03. The van der Waals surface area contributed by atoms with E-state index < -0.39 is 31.9 Å². The van der Waals surface area contributed by atoms with Crippen LogP contribution in [0, 0.1) is 0 Å². The summed E-state index contributed by atoms with van der Waals surface area (Å²) in [6, 6.07) is 8.99. The zero-order valence-electron chi connectivity index (χ0n) is 11.4. The molecule has 0 saturated carbocycles. The molecular formula is C12H17N2O6P. The van der Waals surface area contributed by atoms with Crippen molar-refractivity contribution in [2.45, 2.75) is 19.3 Å². The van der Waals surface area contributed by atoms with Crippen molar-refractivity contribution in [2.24, 2.45) is 0 Å². The molecule has 0 radical (unpaired) electrons. The lowest BCUT2D eigenvalue weighted by molar-refractivity contribution is -0.120. The Morgan fingerprint density at radius 1 is 1.29 bits per heavy atom. The first kappa shape index (κ1) is 17.2. The lowest BCUT2D eigenvalue weighted by Crippen LogP contribution is -2.40. The molecule has 0 aliphatic rings. The Labute approximate surface area is 121 Å². The highest BCUT2D eigenvalue weighted by atomic mass is 31.2. The van der Waals surface area contributed by atoms with Crippen LogP contribution in [0.2, 0.25) is 0 Å². The highest BCUT2D eigenvalue weighted by Crippen LogP contribution is 2.38. The van der Waals surface area contributed by atoms with Crippen molar-refractivity contribution in [3.63, 3.8) is 0 Å². The number of alkyl carbamates (subject to hydrolysis) is 1. The Hall–Kier alpha value is -1.89. The molecule has 21 heavy (non-hydrogen) atoms. The molecule has 1 rings (SSSR count). The van der Waals surface area contributed by atoms with Crippen molar-refractivity contribution in [3.8, 4) is 0 Å². The van der Waals surface area contributed by atoms with Crippen molar-refractivity contribution in [2.75, 3.05) is 6.54 Å². The topological polar surface area (TPSA) is 125 Å². The van der Waals surface area contributed by atoms with Gasteiger partial charge < -0.3 is 25.2 Å². The second-order valence-corrected chi connectivity index (χ2v) is 6.20. The van der Waals surface area contributed by atoms with Crippen molar-refractivity contribution in [3.05, 3.63) is 35.9 Å². The van der Waals surface area contributed by atoms with E-state index in [0.29, 0.717) is 0 Å². The first-order valence-corrected chi connectivity index (χ1v) is 7.76. The van der Waals surface area contributed by atoms with Crippen LogP contribution in [0.4, 0.5) is 4.79 Å². The molecule has 0 aliphatic carbocycles. The highest BCUT2D eigenvalue weighted by molar-refractivity contribution is 7.52. The van der Waals surface area contributed by atoms with Gasteiger partial charge in [-0.15, -0.1) is 0 Å². The van der Waals surface area contributed by atoms with E-state index >= 15 is 0 Å². The Morgan fingerprint density at radius 2 is 1.90 bits per heavy atom. The van der Waals surface area contributed by atoms with Gasteiger partial charge in [-0.05, 0) is 12.5 Å². The van der Waals surface area contributed by atoms with Gasteiger partial charge in [0.2, 0.25) is 5.91 Å². The zero-order chi connectivity index (χ0) is 15.9. The molecule has 4 N–H and O–H groups in total. The molecule has 0 bridgehead atoms. The molecule has 8 nitrogen and oxygen atoms in total. The fourth-order valence-corrected chi connectivity index (χ4v) is 1.61. The Balaban J connectivity index is 2.27. The van der Waals surface area contributed by atoms with E-state index in [9.17, 15) is 14.2 Å². The molecule has 116 valence electrons. The molecule has 1 atom stereocenters. The quantitative estimate of drug-likeness (QED) is 0.568. The van der Waals surface area contributed by atoms with Crippen molar-refractivity contribution < 1.29 is 28.7 Å². The maximum absolute atomic E-state index is 11.4. The van der Waals surface area contributed by atoms with Gasteiger partial charge in [0.1, 0.15) is 18.9 Å². The fourth-order valence-electron chi connectivity index (χ4n) is 1.29. The van der Waals surface area contributed by atoms with E-state index in [-0.39, 0.29) is 6.61 Å². The predicted molar refractivity (Wildman–Crippen MR) is 74.3 cm³/mol. The number of hydrogen-bond acceptors (Lipinski definition) is 4. The summed E-state index contributed by atoms with van der Waals surface area (Å²) >= 11 is 0. The molecule has 0 fully saturated rings. The van der Waals surface area contributed by atoms with E-state index in [2.05, 4.69) is 10.6 Å². The molecule has 1 unspecified atom stereocenters. The summed E-state index contributed by atoms with van der Waals surface area (Å²) in [4.78, 5) is 40.3. The third kappa shape index (κ3) is 6.89. The van der Waals surface area contributed by atoms with Gasteiger partial charge in [-0.1, -0.05) is 30.3 Å². The normalized spacial score (nSPS) is 12.3. The van der Waals surface area contributed by atoms with Crippen molar-refractivity contribution >= 4 is 19.6 Å². The van der Waals surface area contributed by atoms with Gasteiger partial charge in [-0.2, -0.15) is 0 Å². The van der Waals surface area contributed by atoms with Crippen LogP contribution in [0.5, 0.6) is 0 Å². The van der Waals surface area contributed by atoms with Crippen molar-refractivity contribution in [1.82, 2.24) is 10.6 Å². The van der Waals surface area contributed by atoms with E-state index in [0.717, 1.165) is 5.56 Å². The minimum Gasteiger partial charge on any atom is -0.445 e. The van der Waals surface area contributed by atoms with E-state index in [1.165, 1.54) is 6.92 Å². The van der Waals surface area contributed by atoms with Crippen LogP contribution >= 0.6 is 7.60 Å². The Morgan fingerprint density at radius 3 is 2.48 bits per heavy atom. The smallest absolute Gasteiger partial charge is 0.407 e. The molecule has 9 heteroatoms. The Kier molecular flexibility index (Phi) is 6.36. The van der Waals surface area contributed by atoms with Gasteiger partial charge in [0.15, 0.2) is 0 Å². The minimum absolute atomic E-state index is 0.0627. The number of hydrogen-bond donors (Lipinski definition) is 4. The average Bonchev–Trinajstić information content (AvgIpc) is 2.43. The monoisotopic (exact) mass is 316 g/mol.